The SMILES string of the molecule is CC.CC.Nc1ccc(OCC(=O)N2CCOCC2)c2ccccc12. The Morgan fingerprint density at radius 1 is 1.04 bits per heavy atom. The maximum atomic E-state index is 12.1. The fourth-order valence-corrected chi connectivity index (χ4v) is 2.46. The normalized spacial score (nSPS) is 13.2. The highest BCUT2D eigenvalue weighted by atomic mass is 16.5. The first kappa shape index (κ1) is 20.8. The van der Waals surface area contributed by atoms with Crippen molar-refractivity contribution in [2.24, 2.45) is 0 Å². The van der Waals surface area contributed by atoms with Crippen molar-refractivity contribution in [2.45, 2.75) is 27.7 Å². The molecule has 5 heteroatoms. The van der Waals surface area contributed by atoms with E-state index in [1.165, 1.54) is 0 Å². The van der Waals surface area contributed by atoms with Crippen molar-refractivity contribution in [2.75, 3.05) is 38.6 Å². The molecule has 0 aliphatic carbocycles. The van der Waals surface area contributed by atoms with Gasteiger partial charge >= 0.3 is 0 Å². The van der Waals surface area contributed by atoms with Gasteiger partial charge in [-0.3, -0.25) is 4.79 Å². The van der Waals surface area contributed by atoms with Gasteiger partial charge in [-0.25, -0.2) is 0 Å². The van der Waals surface area contributed by atoms with E-state index in [1.54, 1.807) is 11.0 Å². The minimum absolute atomic E-state index is 0.0146. The zero-order valence-electron chi connectivity index (χ0n) is 15.7. The minimum Gasteiger partial charge on any atom is -0.483 e. The van der Waals surface area contributed by atoms with Gasteiger partial charge in [0, 0.05) is 29.5 Å². The number of fused-ring (bicyclic) bond motifs is 1. The highest BCUT2D eigenvalue weighted by Crippen LogP contribution is 2.29. The quantitative estimate of drug-likeness (QED) is 0.861. The Morgan fingerprint density at radius 2 is 1.64 bits per heavy atom. The summed E-state index contributed by atoms with van der Waals surface area (Å²) in [5, 5.41) is 1.86. The van der Waals surface area contributed by atoms with Crippen LogP contribution in [0.25, 0.3) is 10.8 Å². The van der Waals surface area contributed by atoms with E-state index >= 15 is 0 Å². The van der Waals surface area contributed by atoms with Crippen LogP contribution in [0.1, 0.15) is 27.7 Å². The van der Waals surface area contributed by atoms with Crippen LogP contribution in [0, 0.1) is 0 Å². The number of amides is 1. The van der Waals surface area contributed by atoms with Crippen molar-refractivity contribution in [1.82, 2.24) is 4.90 Å². The number of morpholine rings is 1. The third-order valence-electron chi connectivity index (χ3n) is 3.63. The molecule has 3 rings (SSSR count). The van der Waals surface area contributed by atoms with Gasteiger partial charge in [-0.1, -0.05) is 52.0 Å². The maximum absolute atomic E-state index is 12.1. The average Bonchev–Trinajstić information content (AvgIpc) is 2.71. The van der Waals surface area contributed by atoms with Crippen molar-refractivity contribution in [3.05, 3.63) is 36.4 Å². The molecule has 0 saturated carbocycles. The van der Waals surface area contributed by atoms with Crippen molar-refractivity contribution < 1.29 is 14.3 Å². The van der Waals surface area contributed by atoms with Gasteiger partial charge in [0.2, 0.25) is 0 Å². The zero-order valence-corrected chi connectivity index (χ0v) is 15.7. The van der Waals surface area contributed by atoms with Gasteiger partial charge in [0.05, 0.1) is 13.2 Å². The summed E-state index contributed by atoms with van der Waals surface area (Å²) in [6.07, 6.45) is 0. The second-order valence-electron chi connectivity index (χ2n) is 4.98. The molecular weight excluding hydrogens is 316 g/mol. The highest BCUT2D eigenvalue weighted by Gasteiger charge is 2.17. The molecule has 0 radical (unpaired) electrons. The maximum Gasteiger partial charge on any atom is 0.260 e. The molecule has 2 aromatic rings. The Morgan fingerprint density at radius 3 is 2.28 bits per heavy atom. The minimum atomic E-state index is -0.0146. The second-order valence-corrected chi connectivity index (χ2v) is 4.98. The Hall–Kier alpha value is -2.27. The first-order chi connectivity index (χ1) is 12.3. The molecule has 1 amide bonds. The van der Waals surface area contributed by atoms with Gasteiger partial charge in [-0.2, -0.15) is 0 Å². The summed E-state index contributed by atoms with van der Waals surface area (Å²) in [6.45, 7) is 10.5. The van der Waals surface area contributed by atoms with Crippen LogP contribution >= 0.6 is 0 Å². The molecule has 1 heterocycles. The second kappa shape index (κ2) is 11.3. The van der Waals surface area contributed by atoms with E-state index in [4.69, 9.17) is 15.2 Å². The van der Waals surface area contributed by atoms with Gasteiger partial charge in [0.1, 0.15) is 5.75 Å². The molecular formula is C20H30N2O3. The lowest BCUT2D eigenvalue weighted by molar-refractivity contribution is -0.137. The number of nitrogens with zero attached hydrogens (tertiary/aromatic N) is 1. The molecule has 25 heavy (non-hydrogen) atoms. The van der Waals surface area contributed by atoms with Crippen molar-refractivity contribution in [3.63, 3.8) is 0 Å². The molecule has 5 nitrogen and oxygen atoms in total. The third-order valence-corrected chi connectivity index (χ3v) is 3.63. The summed E-state index contributed by atoms with van der Waals surface area (Å²) in [4.78, 5) is 13.9. The number of benzene rings is 2. The molecule has 2 N–H and O–H groups in total. The summed E-state index contributed by atoms with van der Waals surface area (Å²) >= 11 is 0. The predicted octanol–water partition coefficient (Wildman–Crippen LogP) is 3.71. The van der Waals surface area contributed by atoms with Crippen LogP contribution in [0.2, 0.25) is 0 Å². The molecule has 2 aromatic carbocycles. The van der Waals surface area contributed by atoms with Crippen LogP contribution in [-0.4, -0.2) is 43.7 Å². The molecule has 0 atom stereocenters. The summed E-state index contributed by atoms with van der Waals surface area (Å²) in [5.74, 6) is 0.667. The van der Waals surface area contributed by atoms with Crippen LogP contribution in [0.15, 0.2) is 36.4 Å². The molecule has 1 fully saturated rings. The van der Waals surface area contributed by atoms with Crippen LogP contribution in [0.3, 0.4) is 0 Å². The summed E-state index contributed by atoms with van der Waals surface area (Å²) in [5.41, 5.74) is 6.66. The van der Waals surface area contributed by atoms with Crippen LogP contribution in [0.5, 0.6) is 5.75 Å². The lowest BCUT2D eigenvalue weighted by Crippen LogP contribution is -2.42. The summed E-state index contributed by atoms with van der Waals surface area (Å²) in [7, 11) is 0. The smallest absolute Gasteiger partial charge is 0.260 e. The molecule has 1 aliphatic rings. The molecule has 138 valence electrons. The lowest BCUT2D eigenvalue weighted by Gasteiger charge is -2.26. The number of carbonyl (C=O) groups is 1. The fraction of sp³-hybridized carbons (Fsp3) is 0.450. The summed E-state index contributed by atoms with van der Waals surface area (Å²) in [6, 6.07) is 11.4. The Kier molecular flexibility index (Phi) is 9.40. The van der Waals surface area contributed by atoms with E-state index in [9.17, 15) is 4.79 Å². The molecule has 1 saturated heterocycles. The number of anilines is 1. The zero-order chi connectivity index (χ0) is 18.7. The van der Waals surface area contributed by atoms with Gasteiger partial charge in [0.15, 0.2) is 6.61 Å². The van der Waals surface area contributed by atoms with Gasteiger partial charge < -0.3 is 20.1 Å². The van der Waals surface area contributed by atoms with Crippen LogP contribution in [-0.2, 0) is 9.53 Å². The van der Waals surface area contributed by atoms with E-state index < -0.39 is 0 Å². The van der Waals surface area contributed by atoms with Crippen molar-refractivity contribution in [3.8, 4) is 5.75 Å². The van der Waals surface area contributed by atoms with E-state index in [0.29, 0.717) is 37.7 Å². The Labute approximate surface area is 150 Å². The van der Waals surface area contributed by atoms with Crippen LogP contribution in [0.4, 0.5) is 5.69 Å². The number of rotatable bonds is 3. The largest absolute Gasteiger partial charge is 0.483 e. The van der Waals surface area contributed by atoms with E-state index in [-0.39, 0.29) is 12.5 Å². The fourth-order valence-electron chi connectivity index (χ4n) is 2.46. The Bertz CT molecular complexity index is 652. The van der Waals surface area contributed by atoms with Gasteiger partial charge in [0.25, 0.3) is 5.91 Å². The molecule has 0 aromatic heterocycles. The molecule has 1 aliphatic heterocycles. The lowest BCUT2D eigenvalue weighted by atomic mass is 10.1. The van der Waals surface area contributed by atoms with Crippen molar-refractivity contribution >= 4 is 22.4 Å². The number of carbonyl (C=O) groups excluding carboxylic acids is 1. The van der Waals surface area contributed by atoms with Crippen LogP contribution < -0.4 is 10.5 Å². The third kappa shape index (κ3) is 5.64. The van der Waals surface area contributed by atoms with Crippen molar-refractivity contribution in [1.29, 1.82) is 0 Å². The first-order valence-corrected chi connectivity index (χ1v) is 9.01. The molecule has 0 spiro atoms. The van der Waals surface area contributed by atoms with E-state index in [2.05, 4.69) is 0 Å². The Balaban J connectivity index is 0.000000730. The number of nitrogens with two attached hydrogens (primary N) is 1. The summed E-state index contributed by atoms with van der Waals surface area (Å²) < 4.78 is 10.9. The number of hydrogen-bond donors (Lipinski definition) is 1. The molecule has 0 bridgehead atoms. The van der Waals surface area contributed by atoms with E-state index in [1.807, 2.05) is 58.0 Å². The standard InChI is InChI=1S/C16H18N2O3.2C2H6/c17-14-5-6-15(13-4-2-1-3-12(13)14)21-11-16(19)18-7-9-20-10-8-18;2*1-2/h1-6H,7-11,17H2;2*1-2H3. The topological polar surface area (TPSA) is 64.8 Å². The van der Waals surface area contributed by atoms with Gasteiger partial charge in [-0.05, 0) is 12.1 Å². The monoisotopic (exact) mass is 346 g/mol. The number of hydrogen-bond acceptors (Lipinski definition) is 4. The number of ether oxygens (including phenoxy) is 2. The highest BCUT2D eigenvalue weighted by molar-refractivity contribution is 5.97. The number of nitrogen functional groups attached to an aromatic ring is 1. The predicted molar refractivity (Wildman–Crippen MR) is 104 cm³/mol. The van der Waals surface area contributed by atoms with Gasteiger partial charge in [-0.15, -0.1) is 0 Å². The molecule has 0 unspecified atom stereocenters. The van der Waals surface area contributed by atoms with E-state index in [0.717, 1.165) is 10.8 Å². The average molecular weight is 346 g/mol. The first-order valence-electron chi connectivity index (χ1n) is 9.01.